The number of aromatic nitrogens is 3. The van der Waals surface area contributed by atoms with E-state index in [0.29, 0.717) is 26.3 Å². The molecular weight excluding hydrogens is 218 g/mol. The quantitative estimate of drug-likeness (QED) is 0.707. The Labute approximate surface area is 99.8 Å². The summed E-state index contributed by atoms with van der Waals surface area (Å²) in [6, 6.07) is 1.94. The molecule has 2 aromatic rings. The predicted octanol–water partition coefficient (Wildman–Crippen LogP) is 0.356. The van der Waals surface area contributed by atoms with Crippen LogP contribution in [0, 0.1) is 0 Å². The molecule has 0 aliphatic heterocycles. The minimum atomic E-state index is 0.550. The number of nitrogens with zero attached hydrogens (tertiary/aromatic N) is 3. The minimum absolute atomic E-state index is 0.550. The number of aryl methyl sites for hydroxylation is 1. The van der Waals surface area contributed by atoms with Crippen molar-refractivity contribution in [3.8, 4) is 0 Å². The standard InChI is InChI=1S/C11H17N5O/c1-16-8-15-10-9(16)2-4-13-11(10)14-5-7-17-6-3-12/h2,4,8H,3,5-7,12H2,1H3,(H,13,14). The van der Waals surface area contributed by atoms with Crippen molar-refractivity contribution in [3.05, 3.63) is 18.6 Å². The molecule has 0 aliphatic rings. The van der Waals surface area contributed by atoms with Gasteiger partial charge in [0.2, 0.25) is 0 Å². The van der Waals surface area contributed by atoms with Crippen LogP contribution in [-0.4, -0.2) is 40.8 Å². The molecule has 0 saturated carbocycles. The van der Waals surface area contributed by atoms with Crippen molar-refractivity contribution in [1.82, 2.24) is 14.5 Å². The number of ether oxygens (including phenoxy) is 1. The number of pyridine rings is 1. The van der Waals surface area contributed by atoms with Crippen LogP contribution in [0.1, 0.15) is 0 Å². The Balaban J connectivity index is 1.99. The van der Waals surface area contributed by atoms with Gasteiger partial charge in [-0.05, 0) is 6.07 Å². The average molecular weight is 235 g/mol. The van der Waals surface area contributed by atoms with E-state index in [1.54, 1.807) is 12.5 Å². The second-order valence-electron chi connectivity index (χ2n) is 3.71. The van der Waals surface area contributed by atoms with Crippen LogP contribution in [0.5, 0.6) is 0 Å². The van der Waals surface area contributed by atoms with E-state index in [1.165, 1.54) is 0 Å². The zero-order chi connectivity index (χ0) is 12.1. The van der Waals surface area contributed by atoms with Gasteiger partial charge in [-0.15, -0.1) is 0 Å². The van der Waals surface area contributed by atoms with E-state index in [9.17, 15) is 0 Å². The normalized spacial score (nSPS) is 10.9. The van der Waals surface area contributed by atoms with Crippen LogP contribution in [0.2, 0.25) is 0 Å². The highest BCUT2D eigenvalue weighted by atomic mass is 16.5. The van der Waals surface area contributed by atoms with Gasteiger partial charge in [0.05, 0.1) is 25.1 Å². The first kappa shape index (κ1) is 11.8. The third-order valence-corrected chi connectivity index (χ3v) is 2.44. The van der Waals surface area contributed by atoms with Crippen molar-refractivity contribution in [2.75, 3.05) is 31.6 Å². The van der Waals surface area contributed by atoms with Gasteiger partial charge in [0.25, 0.3) is 0 Å². The molecule has 6 nitrogen and oxygen atoms in total. The van der Waals surface area contributed by atoms with Gasteiger partial charge in [0, 0.05) is 26.3 Å². The summed E-state index contributed by atoms with van der Waals surface area (Å²) in [5.41, 5.74) is 7.27. The Morgan fingerprint density at radius 1 is 1.41 bits per heavy atom. The number of nitrogens with two attached hydrogens (primary N) is 1. The van der Waals surface area contributed by atoms with Crippen LogP contribution in [0.3, 0.4) is 0 Å². The highest BCUT2D eigenvalue weighted by Crippen LogP contribution is 2.17. The third-order valence-electron chi connectivity index (χ3n) is 2.44. The molecule has 0 unspecified atom stereocenters. The van der Waals surface area contributed by atoms with E-state index >= 15 is 0 Å². The molecule has 92 valence electrons. The molecule has 0 spiro atoms. The van der Waals surface area contributed by atoms with Crippen molar-refractivity contribution in [2.24, 2.45) is 12.8 Å². The van der Waals surface area contributed by atoms with E-state index < -0.39 is 0 Å². The van der Waals surface area contributed by atoms with Crippen LogP contribution >= 0.6 is 0 Å². The molecule has 2 rings (SSSR count). The fraction of sp³-hybridized carbons (Fsp3) is 0.455. The summed E-state index contributed by atoms with van der Waals surface area (Å²) < 4.78 is 7.25. The number of fused-ring (bicyclic) bond motifs is 1. The molecule has 0 fully saturated rings. The molecule has 0 aromatic carbocycles. The van der Waals surface area contributed by atoms with Gasteiger partial charge < -0.3 is 20.4 Å². The maximum Gasteiger partial charge on any atom is 0.154 e. The summed E-state index contributed by atoms with van der Waals surface area (Å²) in [6.45, 7) is 2.45. The summed E-state index contributed by atoms with van der Waals surface area (Å²) >= 11 is 0. The lowest BCUT2D eigenvalue weighted by Gasteiger charge is -2.06. The molecule has 17 heavy (non-hydrogen) atoms. The highest BCUT2D eigenvalue weighted by Gasteiger charge is 2.05. The van der Waals surface area contributed by atoms with E-state index in [2.05, 4.69) is 15.3 Å². The fourth-order valence-corrected chi connectivity index (χ4v) is 1.62. The Bertz CT molecular complexity index is 482. The minimum Gasteiger partial charge on any atom is -0.378 e. The van der Waals surface area contributed by atoms with Crippen molar-refractivity contribution in [2.45, 2.75) is 0 Å². The van der Waals surface area contributed by atoms with E-state index in [-0.39, 0.29) is 0 Å². The monoisotopic (exact) mass is 235 g/mol. The number of imidazole rings is 1. The molecule has 0 aliphatic carbocycles. The van der Waals surface area contributed by atoms with Crippen molar-refractivity contribution >= 4 is 16.9 Å². The molecule has 3 N–H and O–H groups in total. The molecule has 2 aromatic heterocycles. The number of hydrogen-bond donors (Lipinski definition) is 2. The zero-order valence-electron chi connectivity index (χ0n) is 9.89. The molecule has 0 atom stereocenters. The Kier molecular flexibility index (Phi) is 3.89. The van der Waals surface area contributed by atoms with Crippen LogP contribution in [0.15, 0.2) is 18.6 Å². The van der Waals surface area contributed by atoms with Crippen LogP contribution in [0.25, 0.3) is 11.0 Å². The van der Waals surface area contributed by atoms with Gasteiger partial charge in [-0.1, -0.05) is 0 Å². The Morgan fingerprint density at radius 2 is 2.29 bits per heavy atom. The van der Waals surface area contributed by atoms with Gasteiger partial charge in [0.1, 0.15) is 5.52 Å². The highest BCUT2D eigenvalue weighted by molar-refractivity contribution is 5.85. The fourth-order valence-electron chi connectivity index (χ4n) is 1.62. The lowest BCUT2D eigenvalue weighted by molar-refractivity contribution is 0.151. The first-order valence-electron chi connectivity index (χ1n) is 5.60. The van der Waals surface area contributed by atoms with E-state index in [0.717, 1.165) is 16.9 Å². The molecule has 0 saturated heterocycles. The SMILES string of the molecule is Cn1cnc2c(NCCOCCN)nccc21. The largest absolute Gasteiger partial charge is 0.378 e. The third kappa shape index (κ3) is 2.72. The van der Waals surface area contributed by atoms with Gasteiger partial charge >= 0.3 is 0 Å². The van der Waals surface area contributed by atoms with E-state index in [1.807, 2.05) is 17.7 Å². The first-order chi connectivity index (χ1) is 8.33. The summed E-state index contributed by atoms with van der Waals surface area (Å²) in [6.07, 6.45) is 3.55. The number of nitrogens with one attached hydrogen (secondary N) is 1. The average Bonchev–Trinajstić information content (AvgIpc) is 2.72. The van der Waals surface area contributed by atoms with Crippen LogP contribution < -0.4 is 11.1 Å². The molecule has 0 radical (unpaired) electrons. The summed E-state index contributed by atoms with van der Waals surface area (Å²) in [5.74, 6) is 0.791. The van der Waals surface area contributed by atoms with Gasteiger partial charge in [-0.3, -0.25) is 0 Å². The number of hydrogen-bond acceptors (Lipinski definition) is 5. The number of rotatable bonds is 6. The van der Waals surface area contributed by atoms with Crippen LogP contribution in [0.4, 0.5) is 5.82 Å². The summed E-state index contributed by atoms with van der Waals surface area (Å²) in [5, 5.41) is 3.21. The zero-order valence-corrected chi connectivity index (χ0v) is 9.89. The maximum absolute atomic E-state index is 5.33. The van der Waals surface area contributed by atoms with E-state index in [4.69, 9.17) is 10.5 Å². The van der Waals surface area contributed by atoms with Crippen molar-refractivity contribution < 1.29 is 4.74 Å². The Hall–Kier alpha value is -1.66. The molecule has 2 heterocycles. The lowest BCUT2D eigenvalue weighted by Crippen LogP contribution is -2.15. The first-order valence-corrected chi connectivity index (χ1v) is 5.60. The summed E-state index contributed by atoms with van der Waals surface area (Å²) in [4.78, 5) is 8.58. The smallest absolute Gasteiger partial charge is 0.154 e. The van der Waals surface area contributed by atoms with Crippen molar-refractivity contribution in [1.29, 1.82) is 0 Å². The molecule has 0 amide bonds. The van der Waals surface area contributed by atoms with Crippen molar-refractivity contribution in [3.63, 3.8) is 0 Å². The predicted molar refractivity (Wildman–Crippen MR) is 66.9 cm³/mol. The molecular formula is C11H17N5O. The van der Waals surface area contributed by atoms with Gasteiger partial charge in [-0.25, -0.2) is 9.97 Å². The second-order valence-corrected chi connectivity index (χ2v) is 3.71. The molecule has 6 heteroatoms. The topological polar surface area (TPSA) is 78.0 Å². The second kappa shape index (κ2) is 5.60. The van der Waals surface area contributed by atoms with Gasteiger partial charge in [-0.2, -0.15) is 0 Å². The van der Waals surface area contributed by atoms with Gasteiger partial charge in [0.15, 0.2) is 5.82 Å². The van der Waals surface area contributed by atoms with Crippen LogP contribution in [-0.2, 0) is 11.8 Å². The molecule has 0 bridgehead atoms. The Morgan fingerprint density at radius 3 is 3.12 bits per heavy atom. The summed E-state index contributed by atoms with van der Waals surface area (Å²) in [7, 11) is 1.96. The number of anilines is 1. The lowest BCUT2D eigenvalue weighted by atomic mass is 10.4. The maximum atomic E-state index is 5.33.